The first-order chi connectivity index (χ1) is 35.6. The average Bonchev–Trinajstić information content (AvgIpc) is 4.19. The number of furan rings is 2. The van der Waals surface area contributed by atoms with Gasteiger partial charge in [0, 0.05) is 66.0 Å². The van der Waals surface area contributed by atoms with Crippen LogP contribution in [0.25, 0.3) is 99.2 Å². The third-order valence-corrected chi connectivity index (χ3v) is 17.7. The number of para-hydroxylation sites is 2. The van der Waals surface area contributed by atoms with E-state index >= 15 is 0 Å². The molecule has 74 heavy (non-hydrogen) atoms. The van der Waals surface area contributed by atoms with Gasteiger partial charge < -0.3 is 13.7 Å². The van der Waals surface area contributed by atoms with E-state index in [0.717, 1.165) is 50.3 Å². The number of hydrogen-bond donors (Lipinski definition) is 0. The second kappa shape index (κ2) is 14.5. The number of nitrogens with zero attached hydrogens (tertiary/aromatic N) is 1. The Morgan fingerprint density at radius 1 is 0.365 bits per heavy atom. The van der Waals surface area contributed by atoms with Crippen LogP contribution in [0.5, 0.6) is 0 Å². The van der Waals surface area contributed by atoms with Crippen LogP contribution in [0.2, 0.25) is 0 Å². The number of anilines is 3. The van der Waals surface area contributed by atoms with Crippen molar-refractivity contribution in [3.05, 3.63) is 221 Å². The van der Waals surface area contributed by atoms with Gasteiger partial charge in [-0.1, -0.05) is 190 Å². The highest BCUT2D eigenvalue weighted by Gasteiger charge is 2.49. The summed E-state index contributed by atoms with van der Waals surface area (Å²) < 4.78 is 14.0. The summed E-state index contributed by atoms with van der Waals surface area (Å²) in [4.78, 5) is 2.51. The van der Waals surface area contributed by atoms with E-state index in [-0.39, 0.29) is 21.7 Å². The molecule has 3 heteroatoms. The van der Waals surface area contributed by atoms with Crippen LogP contribution in [0.3, 0.4) is 0 Å². The molecule has 2 aromatic heterocycles. The first-order valence-electron chi connectivity index (χ1n) is 26.4. The Balaban J connectivity index is 0.960. The molecular formula is C71H57NO2. The highest BCUT2D eigenvalue weighted by Crippen LogP contribution is 2.64. The minimum Gasteiger partial charge on any atom is -0.455 e. The van der Waals surface area contributed by atoms with Gasteiger partial charge in [-0.05, 0) is 143 Å². The van der Waals surface area contributed by atoms with E-state index in [1.54, 1.807) is 0 Å². The second-order valence-corrected chi connectivity index (χ2v) is 24.0. The van der Waals surface area contributed by atoms with Crippen molar-refractivity contribution in [2.24, 2.45) is 0 Å². The molecule has 0 N–H and O–H groups in total. The number of benzene rings is 10. The molecule has 10 aromatic carbocycles. The van der Waals surface area contributed by atoms with Crippen LogP contribution >= 0.6 is 0 Å². The molecule has 15 rings (SSSR count). The minimum atomic E-state index is -0.338. The smallest absolute Gasteiger partial charge is 0.144 e. The van der Waals surface area contributed by atoms with Crippen molar-refractivity contribution in [1.29, 1.82) is 0 Å². The Bertz CT molecular complexity index is 4450. The molecule has 3 nitrogen and oxygen atoms in total. The van der Waals surface area contributed by atoms with Gasteiger partial charge in [0.2, 0.25) is 0 Å². The third-order valence-electron chi connectivity index (χ3n) is 17.7. The maximum absolute atomic E-state index is 7.02. The molecule has 0 aliphatic heterocycles. The Morgan fingerprint density at radius 2 is 0.865 bits per heavy atom. The van der Waals surface area contributed by atoms with Crippen molar-refractivity contribution >= 4 is 71.7 Å². The summed E-state index contributed by atoms with van der Waals surface area (Å²) in [5.74, 6) is 0. The lowest BCUT2D eigenvalue weighted by Crippen LogP contribution is -2.24. The Morgan fingerprint density at radius 3 is 1.57 bits per heavy atom. The van der Waals surface area contributed by atoms with Crippen molar-refractivity contribution in [3.8, 4) is 44.5 Å². The van der Waals surface area contributed by atoms with Gasteiger partial charge in [0.05, 0.1) is 0 Å². The first-order valence-corrected chi connectivity index (χ1v) is 26.4. The first kappa shape index (κ1) is 43.4. The van der Waals surface area contributed by atoms with Crippen molar-refractivity contribution < 1.29 is 8.83 Å². The highest BCUT2D eigenvalue weighted by atomic mass is 16.3. The lowest BCUT2D eigenvalue weighted by atomic mass is 9.72. The molecular weight excluding hydrogens is 899 g/mol. The van der Waals surface area contributed by atoms with Crippen LogP contribution in [-0.2, 0) is 21.7 Å². The fourth-order valence-electron chi connectivity index (χ4n) is 14.2. The van der Waals surface area contributed by atoms with Gasteiger partial charge in [-0.25, -0.2) is 0 Å². The number of hydrogen-bond acceptors (Lipinski definition) is 3. The Kier molecular flexibility index (Phi) is 8.54. The van der Waals surface area contributed by atoms with E-state index < -0.39 is 0 Å². The predicted octanol–water partition coefficient (Wildman–Crippen LogP) is 20.0. The average molecular weight is 956 g/mol. The molecule has 2 heterocycles. The molecule has 0 atom stereocenters. The molecule has 0 bridgehead atoms. The summed E-state index contributed by atoms with van der Waals surface area (Å²) in [6.45, 7) is 21.5. The van der Waals surface area contributed by atoms with Crippen LogP contribution < -0.4 is 4.90 Å². The van der Waals surface area contributed by atoms with E-state index in [0.29, 0.717) is 0 Å². The van der Waals surface area contributed by atoms with Crippen molar-refractivity contribution in [3.63, 3.8) is 0 Å². The van der Waals surface area contributed by atoms with Crippen LogP contribution in [0.4, 0.5) is 17.1 Å². The zero-order chi connectivity index (χ0) is 50.4. The lowest BCUT2D eigenvalue weighted by molar-refractivity contribution is 0.591. The van der Waals surface area contributed by atoms with Crippen LogP contribution in [0, 0.1) is 0 Å². The van der Waals surface area contributed by atoms with Crippen molar-refractivity contribution in [2.75, 3.05) is 4.90 Å². The summed E-state index contributed by atoms with van der Waals surface area (Å²) in [5, 5.41) is 7.17. The molecule has 3 aliphatic rings. The lowest BCUT2D eigenvalue weighted by Gasteiger charge is -2.32. The maximum atomic E-state index is 7.02. The quantitative estimate of drug-likeness (QED) is 0.176. The zero-order valence-corrected chi connectivity index (χ0v) is 43.6. The number of rotatable bonds is 4. The molecule has 0 fully saturated rings. The third kappa shape index (κ3) is 5.62. The molecule has 0 unspecified atom stereocenters. The maximum Gasteiger partial charge on any atom is 0.144 e. The van der Waals surface area contributed by atoms with E-state index in [4.69, 9.17) is 8.83 Å². The van der Waals surface area contributed by atoms with Crippen molar-refractivity contribution in [1.82, 2.24) is 0 Å². The van der Waals surface area contributed by atoms with Gasteiger partial charge in [0.15, 0.2) is 0 Å². The predicted molar refractivity (Wildman–Crippen MR) is 310 cm³/mol. The summed E-state index contributed by atoms with van der Waals surface area (Å²) >= 11 is 0. The number of fused-ring (bicyclic) bond motifs is 20. The topological polar surface area (TPSA) is 29.5 Å². The van der Waals surface area contributed by atoms with Crippen molar-refractivity contribution in [2.45, 2.75) is 84.0 Å². The molecule has 0 saturated carbocycles. The molecule has 0 amide bonds. The molecule has 0 spiro atoms. The zero-order valence-electron chi connectivity index (χ0n) is 43.6. The van der Waals surface area contributed by atoms with Gasteiger partial charge in [0.1, 0.15) is 22.3 Å². The fourth-order valence-corrected chi connectivity index (χ4v) is 14.2. The Hall–Kier alpha value is -8.14. The summed E-state index contributed by atoms with van der Waals surface area (Å²) in [6, 6.07) is 67.8. The van der Waals surface area contributed by atoms with E-state index in [2.05, 4.69) is 249 Å². The van der Waals surface area contributed by atoms with E-state index in [1.807, 2.05) is 0 Å². The second-order valence-electron chi connectivity index (χ2n) is 24.0. The molecule has 12 aromatic rings. The summed E-state index contributed by atoms with van der Waals surface area (Å²) in [5.41, 5.74) is 25.7. The monoisotopic (exact) mass is 955 g/mol. The summed E-state index contributed by atoms with van der Waals surface area (Å²) in [7, 11) is 0. The van der Waals surface area contributed by atoms with Crippen LogP contribution in [0.15, 0.2) is 191 Å². The van der Waals surface area contributed by atoms with Gasteiger partial charge in [-0.2, -0.15) is 0 Å². The molecule has 0 radical (unpaired) electrons. The van der Waals surface area contributed by atoms with Crippen LogP contribution in [-0.4, -0.2) is 0 Å². The Labute approximate surface area is 432 Å². The van der Waals surface area contributed by atoms with Gasteiger partial charge in [0.25, 0.3) is 0 Å². The normalized spacial score (nSPS) is 15.4. The van der Waals surface area contributed by atoms with Gasteiger partial charge in [-0.3, -0.25) is 0 Å². The molecule has 0 saturated heterocycles. The summed E-state index contributed by atoms with van der Waals surface area (Å²) in [6.07, 6.45) is 0. The fraction of sp³-hybridized carbons (Fsp3) is 0.183. The highest BCUT2D eigenvalue weighted by molar-refractivity contribution is 6.21. The minimum absolute atomic E-state index is 0.0640. The van der Waals surface area contributed by atoms with Crippen LogP contribution in [0.1, 0.15) is 101 Å². The van der Waals surface area contributed by atoms with Gasteiger partial charge in [-0.15, -0.1) is 0 Å². The molecule has 3 aliphatic carbocycles. The molecule has 358 valence electrons. The van der Waals surface area contributed by atoms with Gasteiger partial charge >= 0.3 is 0 Å². The largest absolute Gasteiger partial charge is 0.455 e. The van der Waals surface area contributed by atoms with E-state index in [1.165, 1.54) is 105 Å². The van der Waals surface area contributed by atoms with E-state index in [9.17, 15) is 0 Å². The SMILES string of the molecule is CC(C)(C)c1ccccc1-c1cc2c(c3c1oc1ccccc13)-c1ccc(N(c3ccc4c(c3)C(C)(C)c3c5c(c6oc7ccccc7c6c3-4)-c3ccccc3C5(C)C)c3ccc4ccccc4c3)cc1C2(C)C. The standard InChI is InChI=1S/C71H57NO2/c1-68(2,3)52-26-16-12-22-45(52)51-39-56-59(61-49-24-14-18-28-57(49)73-66(51)61)47-34-32-43(37-54(47)69(56,4)5)72(42-31-30-40-20-10-11-21-41(40)36-42)44-33-35-48-55(38-44)71(8,9)64-60(48)62-50-25-15-19-29-58(50)74-67(62)63-46-23-13-17-27-53(46)70(6,7)65(63)64/h10-39H,1-9H3.